The largest absolute Gasteiger partial charge is 0.496 e. The van der Waals surface area contributed by atoms with E-state index in [1.54, 1.807) is 18.2 Å². The van der Waals surface area contributed by atoms with Crippen LogP contribution in [0.15, 0.2) is 73.1 Å². The maximum Gasteiger partial charge on any atom is 0.229 e. The summed E-state index contributed by atoms with van der Waals surface area (Å²) in [4.78, 5) is 21.9. The molecule has 5 nitrogen and oxygen atoms in total. The minimum absolute atomic E-state index is 0.195. The minimum atomic E-state index is -0.455. The van der Waals surface area contributed by atoms with E-state index >= 15 is 0 Å². The third-order valence-electron chi connectivity index (χ3n) is 6.40. The van der Waals surface area contributed by atoms with E-state index in [4.69, 9.17) is 4.74 Å². The Hall–Kier alpha value is -3.18. The van der Waals surface area contributed by atoms with Crippen LogP contribution in [-0.2, 0) is 17.8 Å². The highest BCUT2D eigenvalue weighted by atomic mass is 16.5. The van der Waals surface area contributed by atoms with Crippen LogP contribution in [0.1, 0.15) is 17.5 Å². The summed E-state index contributed by atoms with van der Waals surface area (Å²) in [6, 6.07) is 20.5. The SMILES string of the molecule is COc1ccccc1CN1CC[C@@](Cc2ccccc2-c2cccnc2)(C(=O)N(C)C)C1. The molecule has 2 heterocycles. The number of carbonyl (C=O) groups excluding carboxylic acids is 1. The molecular formula is C27H31N3O2. The first-order chi connectivity index (χ1) is 15.5. The molecule has 0 spiro atoms. The van der Waals surface area contributed by atoms with Crippen molar-refractivity contribution in [1.29, 1.82) is 0 Å². The normalized spacial score (nSPS) is 18.5. The number of hydrogen-bond donors (Lipinski definition) is 0. The fourth-order valence-corrected chi connectivity index (χ4v) is 4.88. The van der Waals surface area contributed by atoms with Crippen LogP contribution in [-0.4, -0.2) is 55.0 Å². The molecule has 0 bridgehead atoms. The lowest BCUT2D eigenvalue weighted by Gasteiger charge is -2.32. The van der Waals surface area contributed by atoms with Gasteiger partial charge in [0.05, 0.1) is 12.5 Å². The van der Waals surface area contributed by atoms with Gasteiger partial charge in [-0.15, -0.1) is 0 Å². The number of aromatic nitrogens is 1. The van der Waals surface area contributed by atoms with Gasteiger partial charge in [-0.1, -0.05) is 48.5 Å². The van der Waals surface area contributed by atoms with Crippen LogP contribution < -0.4 is 4.74 Å². The molecule has 0 saturated carbocycles. The minimum Gasteiger partial charge on any atom is -0.496 e. The molecule has 5 heteroatoms. The molecule has 1 aromatic heterocycles. The maximum absolute atomic E-state index is 13.5. The lowest BCUT2D eigenvalue weighted by atomic mass is 9.78. The van der Waals surface area contributed by atoms with Crippen LogP contribution in [0, 0.1) is 5.41 Å². The van der Waals surface area contributed by atoms with Gasteiger partial charge in [-0.2, -0.15) is 0 Å². The summed E-state index contributed by atoms with van der Waals surface area (Å²) < 4.78 is 5.55. The zero-order valence-electron chi connectivity index (χ0n) is 19.1. The number of nitrogens with zero attached hydrogens (tertiary/aromatic N) is 3. The monoisotopic (exact) mass is 429 g/mol. The lowest BCUT2D eigenvalue weighted by molar-refractivity contribution is -0.138. The predicted octanol–water partition coefficient (Wildman–Crippen LogP) is 4.28. The molecule has 1 aliphatic heterocycles. The van der Waals surface area contributed by atoms with Crippen molar-refractivity contribution in [3.63, 3.8) is 0 Å². The fraction of sp³-hybridized carbons (Fsp3) is 0.333. The van der Waals surface area contributed by atoms with Crippen molar-refractivity contribution in [3.05, 3.63) is 84.2 Å². The number of hydrogen-bond acceptors (Lipinski definition) is 4. The highest BCUT2D eigenvalue weighted by Crippen LogP contribution is 2.39. The first-order valence-electron chi connectivity index (χ1n) is 11.1. The highest BCUT2D eigenvalue weighted by molar-refractivity contribution is 5.84. The summed E-state index contributed by atoms with van der Waals surface area (Å²) in [6.45, 7) is 2.38. The van der Waals surface area contributed by atoms with Crippen molar-refractivity contribution in [2.75, 3.05) is 34.3 Å². The van der Waals surface area contributed by atoms with Gasteiger partial charge in [0.2, 0.25) is 5.91 Å². The van der Waals surface area contributed by atoms with Crippen LogP contribution in [0.4, 0.5) is 0 Å². The predicted molar refractivity (Wildman–Crippen MR) is 127 cm³/mol. The second kappa shape index (κ2) is 9.53. The van der Waals surface area contributed by atoms with Crippen molar-refractivity contribution in [2.45, 2.75) is 19.4 Å². The van der Waals surface area contributed by atoms with Gasteiger partial charge >= 0.3 is 0 Å². The van der Waals surface area contributed by atoms with E-state index in [0.29, 0.717) is 6.42 Å². The summed E-state index contributed by atoms with van der Waals surface area (Å²) in [7, 11) is 5.43. The summed E-state index contributed by atoms with van der Waals surface area (Å²) in [5.41, 5.74) is 4.12. The van der Waals surface area contributed by atoms with Crippen molar-refractivity contribution in [3.8, 4) is 16.9 Å². The molecule has 0 radical (unpaired) electrons. The second-order valence-electron chi connectivity index (χ2n) is 8.83. The Morgan fingerprint density at radius 3 is 2.53 bits per heavy atom. The Morgan fingerprint density at radius 1 is 1.06 bits per heavy atom. The number of carbonyl (C=O) groups is 1. The highest BCUT2D eigenvalue weighted by Gasteiger charge is 2.45. The molecule has 1 aliphatic rings. The van der Waals surface area contributed by atoms with Crippen molar-refractivity contribution < 1.29 is 9.53 Å². The van der Waals surface area contributed by atoms with E-state index in [-0.39, 0.29) is 5.91 Å². The summed E-state index contributed by atoms with van der Waals surface area (Å²) >= 11 is 0. The maximum atomic E-state index is 13.5. The standard InChI is InChI=1S/C27H31N3O2/c1-29(2)26(31)27(14-16-30(20-27)19-23-10-5-7-13-25(23)32-3)17-21-9-4-6-12-24(21)22-11-8-15-28-18-22/h4-13,15,18H,14,16-17,19-20H2,1-3H3/t27-/m0/s1. The van der Waals surface area contributed by atoms with Gasteiger partial charge in [0.1, 0.15) is 5.75 Å². The van der Waals surface area contributed by atoms with Crippen LogP contribution >= 0.6 is 0 Å². The molecule has 1 fully saturated rings. The zero-order chi connectivity index (χ0) is 22.6. The van der Waals surface area contributed by atoms with Gasteiger partial charge in [-0.05, 0) is 42.6 Å². The van der Waals surface area contributed by atoms with Crippen LogP contribution in [0.25, 0.3) is 11.1 Å². The van der Waals surface area contributed by atoms with E-state index in [2.05, 4.69) is 46.3 Å². The Kier molecular flexibility index (Phi) is 6.56. The molecule has 3 aromatic rings. The summed E-state index contributed by atoms with van der Waals surface area (Å²) in [5, 5.41) is 0. The molecule has 1 amide bonds. The van der Waals surface area contributed by atoms with E-state index in [9.17, 15) is 4.79 Å². The van der Waals surface area contributed by atoms with Gasteiger partial charge in [0.15, 0.2) is 0 Å². The number of rotatable bonds is 7. The number of amides is 1. The molecule has 1 atom stereocenters. The number of para-hydroxylation sites is 1. The number of likely N-dealkylation sites (tertiary alicyclic amines) is 1. The third-order valence-corrected chi connectivity index (χ3v) is 6.40. The van der Waals surface area contributed by atoms with Gasteiger partial charge in [0.25, 0.3) is 0 Å². The van der Waals surface area contributed by atoms with Crippen LogP contribution in [0.5, 0.6) is 5.75 Å². The van der Waals surface area contributed by atoms with Crippen molar-refractivity contribution in [2.24, 2.45) is 5.41 Å². The fourth-order valence-electron chi connectivity index (χ4n) is 4.88. The molecule has 0 unspecified atom stereocenters. The van der Waals surface area contributed by atoms with Gasteiger partial charge in [0, 0.05) is 50.7 Å². The molecule has 0 N–H and O–H groups in total. The van der Waals surface area contributed by atoms with Crippen molar-refractivity contribution in [1.82, 2.24) is 14.8 Å². The number of benzene rings is 2. The quantitative estimate of drug-likeness (QED) is 0.562. The summed E-state index contributed by atoms with van der Waals surface area (Å²) in [6.07, 6.45) is 5.22. The molecule has 32 heavy (non-hydrogen) atoms. The third kappa shape index (κ3) is 4.53. The molecular weight excluding hydrogens is 398 g/mol. The van der Waals surface area contributed by atoms with E-state index in [0.717, 1.165) is 48.5 Å². The zero-order valence-corrected chi connectivity index (χ0v) is 19.1. The molecule has 1 saturated heterocycles. The van der Waals surface area contributed by atoms with Gasteiger partial charge in [-0.3, -0.25) is 14.7 Å². The average Bonchev–Trinajstić information content (AvgIpc) is 3.23. The summed E-state index contributed by atoms with van der Waals surface area (Å²) in [5.74, 6) is 1.09. The number of methoxy groups -OCH3 is 1. The Balaban J connectivity index is 1.63. The molecule has 2 aromatic carbocycles. The lowest BCUT2D eigenvalue weighted by Crippen LogP contribution is -2.44. The van der Waals surface area contributed by atoms with Crippen LogP contribution in [0.3, 0.4) is 0 Å². The number of ether oxygens (including phenoxy) is 1. The molecule has 166 valence electrons. The number of pyridine rings is 1. The topological polar surface area (TPSA) is 45.7 Å². The molecule has 4 rings (SSSR count). The van der Waals surface area contributed by atoms with E-state index in [1.807, 2.05) is 44.6 Å². The van der Waals surface area contributed by atoms with E-state index < -0.39 is 5.41 Å². The van der Waals surface area contributed by atoms with Gasteiger partial charge in [-0.25, -0.2) is 0 Å². The van der Waals surface area contributed by atoms with Crippen LogP contribution in [0.2, 0.25) is 0 Å². The smallest absolute Gasteiger partial charge is 0.229 e. The average molecular weight is 430 g/mol. The molecule has 0 aliphatic carbocycles. The first-order valence-corrected chi connectivity index (χ1v) is 11.1. The Bertz CT molecular complexity index is 1070. The second-order valence-corrected chi connectivity index (χ2v) is 8.83. The van der Waals surface area contributed by atoms with E-state index in [1.165, 1.54) is 5.56 Å². The Labute approximate surface area is 190 Å². The van der Waals surface area contributed by atoms with Gasteiger partial charge < -0.3 is 9.64 Å². The van der Waals surface area contributed by atoms with Crippen molar-refractivity contribution >= 4 is 5.91 Å². The first kappa shape index (κ1) is 22.0. The Morgan fingerprint density at radius 2 is 1.81 bits per heavy atom.